The highest BCUT2D eigenvalue weighted by atomic mass is 16.5. The lowest BCUT2D eigenvalue weighted by atomic mass is 10.1. The summed E-state index contributed by atoms with van der Waals surface area (Å²) in [6.45, 7) is 5.54. The van der Waals surface area contributed by atoms with Crippen LogP contribution < -0.4 is 11.1 Å². The van der Waals surface area contributed by atoms with Gasteiger partial charge < -0.3 is 15.8 Å². The summed E-state index contributed by atoms with van der Waals surface area (Å²) in [5, 5.41) is 2.62. The van der Waals surface area contributed by atoms with Crippen molar-refractivity contribution in [2.45, 2.75) is 25.8 Å². The first-order valence-electron chi connectivity index (χ1n) is 6.97. The summed E-state index contributed by atoms with van der Waals surface area (Å²) in [5.74, 6) is -1.47. The first-order chi connectivity index (χ1) is 10.5. The van der Waals surface area contributed by atoms with E-state index in [0.29, 0.717) is 24.0 Å². The van der Waals surface area contributed by atoms with E-state index >= 15 is 0 Å². The van der Waals surface area contributed by atoms with Gasteiger partial charge >= 0.3 is 5.97 Å². The fraction of sp³-hybridized carbons (Fsp3) is 0.312. The van der Waals surface area contributed by atoms with Crippen LogP contribution in [0.15, 0.2) is 36.9 Å². The van der Waals surface area contributed by atoms with Gasteiger partial charge in [-0.25, -0.2) is 4.79 Å². The van der Waals surface area contributed by atoms with Crippen LogP contribution >= 0.6 is 0 Å². The van der Waals surface area contributed by atoms with Crippen LogP contribution in [0.5, 0.6) is 0 Å². The van der Waals surface area contributed by atoms with Gasteiger partial charge in [0.2, 0.25) is 5.91 Å². The Morgan fingerprint density at radius 1 is 1.27 bits per heavy atom. The normalized spacial score (nSPS) is 11.3. The molecule has 0 aromatic heterocycles. The minimum Gasteiger partial charge on any atom is -0.464 e. The molecule has 3 N–H and O–H groups in total. The number of hydrogen-bond acceptors (Lipinski definition) is 4. The molecule has 22 heavy (non-hydrogen) atoms. The molecule has 0 spiro atoms. The van der Waals surface area contributed by atoms with Gasteiger partial charge in [-0.05, 0) is 44.0 Å². The van der Waals surface area contributed by atoms with Crippen molar-refractivity contribution in [3.05, 3.63) is 48.0 Å². The third kappa shape index (κ3) is 5.05. The van der Waals surface area contributed by atoms with Crippen LogP contribution in [-0.2, 0) is 9.53 Å². The lowest BCUT2D eigenvalue weighted by Crippen LogP contribution is -2.41. The molecule has 0 unspecified atom stereocenters. The fourth-order valence-corrected chi connectivity index (χ4v) is 1.80. The predicted molar refractivity (Wildman–Crippen MR) is 82.3 cm³/mol. The molecule has 0 aliphatic carbocycles. The highest BCUT2D eigenvalue weighted by Gasteiger charge is 2.21. The maximum absolute atomic E-state index is 12.1. The molecule has 0 radical (unpaired) electrons. The zero-order valence-electron chi connectivity index (χ0n) is 12.5. The van der Waals surface area contributed by atoms with Gasteiger partial charge in [0.15, 0.2) is 0 Å². The number of amides is 2. The molecular weight excluding hydrogens is 284 g/mol. The van der Waals surface area contributed by atoms with E-state index in [0.717, 1.165) is 0 Å². The van der Waals surface area contributed by atoms with Crippen molar-refractivity contribution in [2.24, 2.45) is 5.73 Å². The van der Waals surface area contributed by atoms with Crippen LogP contribution in [0.2, 0.25) is 0 Å². The lowest BCUT2D eigenvalue weighted by molar-refractivity contribution is -0.145. The second kappa shape index (κ2) is 8.61. The van der Waals surface area contributed by atoms with Gasteiger partial charge in [0, 0.05) is 11.1 Å². The van der Waals surface area contributed by atoms with Crippen molar-refractivity contribution in [1.82, 2.24) is 5.32 Å². The van der Waals surface area contributed by atoms with Gasteiger partial charge in [0.25, 0.3) is 5.91 Å². The number of benzene rings is 1. The Kier molecular flexibility index (Phi) is 6.82. The smallest absolute Gasteiger partial charge is 0.328 e. The van der Waals surface area contributed by atoms with Gasteiger partial charge in [-0.1, -0.05) is 6.08 Å². The van der Waals surface area contributed by atoms with Gasteiger partial charge in [-0.15, -0.1) is 6.58 Å². The third-order valence-electron chi connectivity index (χ3n) is 2.97. The molecule has 1 atom stereocenters. The number of primary amides is 1. The van der Waals surface area contributed by atoms with Gasteiger partial charge in [-0.2, -0.15) is 0 Å². The van der Waals surface area contributed by atoms with Crippen LogP contribution in [-0.4, -0.2) is 30.4 Å². The fourth-order valence-electron chi connectivity index (χ4n) is 1.80. The maximum atomic E-state index is 12.1. The lowest BCUT2D eigenvalue weighted by Gasteiger charge is -2.16. The summed E-state index contributed by atoms with van der Waals surface area (Å²) in [5.41, 5.74) is 5.78. The van der Waals surface area contributed by atoms with Gasteiger partial charge in [0.1, 0.15) is 6.04 Å². The van der Waals surface area contributed by atoms with Gasteiger partial charge in [-0.3, -0.25) is 9.59 Å². The largest absolute Gasteiger partial charge is 0.464 e. The van der Waals surface area contributed by atoms with Crippen molar-refractivity contribution in [2.75, 3.05) is 6.61 Å². The summed E-state index contributed by atoms with van der Waals surface area (Å²) in [7, 11) is 0. The topological polar surface area (TPSA) is 98.5 Å². The molecule has 0 bridgehead atoms. The second-order valence-corrected chi connectivity index (χ2v) is 4.59. The summed E-state index contributed by atoms with van der Waals surface area (Å²) in [6, 6.07) is 5.14. The first kappa shape index (κ1) is 17.4. The van der Waals surface area contributed by atoms with E-state index in [1.807, 2.05) is 0 Å². The number of nitrogens with one attached hydrogen (secondary N) is 1. The first-order valence-corrected chi connectivity index (χ1v) is 6.97. The van der Waals surface area contributed by atoms with E-state index in [1.165, 1.54) is 24.3 Å². The molecule has 1 aromatic rings. The van der Waals surface area contributed by atoms with E-state index in [-0.39, 0.29) is 6.61 Å². The number of rotatable bonds is 8. The van der Waals surface area contributed by atoms with Crippen LogP contribution in [0.1, 0.15) is 40.5 Å². The van der Waals surface area contributed by atoms with Crippen LogP contribution in [0.3, 0.4) is 0 Å². The quantitative estimate of drug-likeness (QED) is 0.560. The molecule has 118 valence electrons. The number of hydrogen-bond donors (Lipinski definition) is 2. The van der Waals surface area contributed by atoms with Gasteiger partial charge in [0.05, 0.1) is 6.61 Å². The molecular formula is C16H20N2O4. The number of nitrogens with two attached hydrogens (primary N) is 1. The molecule has 0 saturated carbocycles. The Labute approximate surface area is 129 Å². The Morgan fingerprint density at radius 2 is 1.86 bits per heavy atom. The SMILES string of the molecule is C=CCC[C@@H](NC(=O)c1ccc(C(N)=O)cc1)C(=O)OCC. The molecule has 6 nitrogen and oxygen atoms in total. The zero-order valence-corrected chi connectivity index (χ0v) is 12.5. The average molecular weight is 304 g/mol. The van der Waals surface area contributed by atoms with Crippen LogP contribution in [0, 0.1) is 0 Å². The van der Waals surface area contributed by atoms with Crippen LogP contribution in [0.25, 0.3) is 0 Å². The summed E-state index contributed by atoms with van der Waals surface area (Å²) in [6.07, 6.45) is 2.65. The molecule has 0 fully saturated rings. The van der Waals surface area contributed by atoms with Crippen molar-refractivity contribution in [3.8, 4) is 0 Å². The number of ether oxygens (including phenoxy) is 1. The van der Waals surface area contributed by atoms with Crippen LogP contribution in [0.4, 0.5) is 0 Å². The molecule has 0 aliphatic rings. The molecule has 2 amide bonds. The van der Waals surface area contributed by atoms with E-state index in [1.54, 1.807) is 13.0 Å². The maximum Gasteiger partial charge on any atom is 0.328 e. The Morgan fingerprint density at radius 3 is 2.36 bits per heavy atom. The zero-order chi connectivity index (χ0) is 16.5. The Bertz CT molecular complexity index is 552. The predicted octanol–water partition coefficient (Wildman–Crippen LogP) is 1.41. The molecule has 6 heteroatoms. The number of carbonyl (C=O) groups is 3. The van der Waals surface area contributed by atoms with E-state index in [2.05, 4.69) is 11.9 Å². The minimum atomic E-state index is -0.735. The third-order valence-corrected chi connectivity index (χ3v) is 2.97. The number of allylic oxidation sites excluding steroid dienone is 1. The van der Waals surface area contributed by atoms with E-state index < -0.39 is 23.8 Å². The molecule has 1 aromatic carbocycles. The molecule has 0 heterocycles. The number of carbonyl (C=O) groups excluding carboxylic acids is 3. The van der Waals surface area contributed by atoms with Crippen molar-refractivity contribution >= 4 is 17.8 Å². The second-order valence-electron chi connectivity index (χ2n) is 4.59. The summed E-state index contributed by atoms with van der Waals surface area (Å²) < 4.78 is 4.94. The molecule has 1 rings (SSSR count). The summed E-state index contributed by atoms with van der Waals surface area (Å²) >= 11 is 0. The van der Waals surface area contributed by atoms with E-state index in [4.69, 9.17) is 10.5 Å². The Balaban J connectivity index is 2.78. The van der Waals surface area contributed by atoms with Crippen molar-refractivity contribution in [3.63, 3.8) is 0 Å². The molecule has 0 aliphatic heterocycles. The Hall–Kier alpha value is -2.63. The summed E-state index contributed by atoms with van der Waals surface area (Å²) in [4.78, 5) is 35.0. The number of esters is 1. The molecule has 0 saturated heterocycles. The van der Waals surface area contributed by atoms with Crippen molar-refractivity contribution < 1.29 is 19.1 Å². The van der Waals surface area contributed by atoms with Crippen molar-refractivity contribution in [1.29, 1.82) is 0 Å². The van der Waals surface area contributed by atoms with E-state index in [9.17, 15) is 14.4 Å². The highest BCUT2D eigenvalue weighted by molar-refractivity contribution is 5.98. The highest BCUT2D eigenvalue weighted by Crippen LogP contribution is 2.07. The minimum absolute atomic E-state index is 0.243. The standard InChI is InChI=1S/C16H20N2O4/c1-3-5-6-13(16(21)22-4-2)18-15(20)12-9-7-11(8-10-12)14(17)19/h3,7-10,13H,1,4-6H2,2H3,(H2,17,19)(H,18,20)/t13-/m1/s1. The average Bonchev–Trinajstić information content (AvgIpc) is 2.51. The monoisotopic (exact) mass is 304 g/mol.